The minimum Gasteiger partial charge on any atom is -0.493 e. The summed E-state index contributed by atoms with van der Waals surface area (Å²) in [5.74, 6) is 1.38. The highest BCUT2D eigenvalue weighted by atomic mass is 35.5. The number of halogens is 1. The van der Waals surface area contributed by atoms with Gasteiger partial charge in [-0.2, -0.15) is 0 Å². The molecule has 2 saturated heterocycles. The van der Waals surface area contributed by atoms with Gasteiger partial charge in [-0.05, 0) is 66.7 Å². The van der Waals surface area contributed by atoms with E-state index in [0.29, 0.717) is 23.5 Å². The third kappa shape index (κ3) is 5.03. The van der Waals surface area contributed by atoms with Crippen molar-refractivity contribution in [2.75, 3.05) is 33.3 Å². The number of nitro groups is 1. The third-order valence-electron chi connectivity index (χ3n) is 6.03. The molecule has 2 heterocycles. The van der Waals surface area contributed by atoms with Gasteiger partial charge in [0, 0.05) is 31.8 Å². The molecule has 30 heavy (non-hydrogen) atoms. The fourth-order valence-corrected chi connectivity index (χ4v) is 4.37. The maximum atomic E-state index is 10.8. The summed E-state index contributed by atoms with van der Waals surface area (Å²) in [7, 11) is 1.65. The van der Waals surface area contributed by atoms with Gasteiger partial charge in [0.1, 0.15) is 6.61 Å². The Kier molecular flexibility index (Phi) is 7.18. The Morgan fingerprint density at radius 1 is 1.13 bits per heavy atom. The molecule has 7 nitrogen and oxygen atoms in total. The Morgan fingerprint density at radius 3 is 2.57 bits per heavy atom. The lowest BCUT2D eigenvalue weighted by atomic mass is 9.86. The molecule has 4 rings (SSSR count). The van der Waals surface area contributed by atoms with Crippen LogP contribution < -0.4 is 14.8 Å². The normalized spacial score (nSPS) is 20.8. The molecule has 0 radical (unpaired) electrons. The summed E-state index contributed by atoms with van der Waals surface area (Å²) >= 11 is 0. The minimum absolute atomic E-state index is 0. The molecule has 0 aromatic heterocycles. The van der Waals surface area contributed by atoms with E-state index in [1.807, 2.05) is 12.1 Å². The molecule has 0 aliphatic carbocycles. The first-order chi connectivity index (χ1) is 14.1. The predicted octanol–water partition coefficient (Wildman–Crippen LogP) is 3.79. The van der Waals surface area contributed by atoms with Gasteiger partial charge in [0.2, 0.25) is 0 Å². The molecule has 1 unspecified atom stereocenters. The van der Waals surface area contributed by atoms with Crippen LogP contribution in [-0.2, 0) is 13.2 Å². The Labute approximate surface area is 182 Å². The summed E-state index contributed by atoms with van der Waals surface area (Å²) in [6.45, 7) is 5.82. The maximum absolute atomic E-state index is 10.8. The van der Waals surface area contributed by atoms with Crippen LogP contribution in [0.2, 0.25) is 0 Å². The SMILES string of the molecule is COc1cc(CN2CCC3(CCNC3)C2)ccc1OCc1ccc([N+](=O)[O-])cc1.Cl. The second kappa shape index (κ2) is 9.64. The average molecular weight is 434 g/mol. The third-order valence-corrected chi connectivity index (χ3v) is 6.03. The second-order valence-corrected chi connectivity index (χ2v) is 8.08. The van der Waals surface area contributed by atoms with Crippen LogP contribution in [0.15, 0.2) is 42.5 Å². The number of likely N-dealkylation sites (tertiary alicyclic amines) is 1. The molecular formula is C22H28ClN3O4. The number of hydrogen-bond donors (Lipinski definition) is 1. The molecule has 0 amide bonds. The topological polar surface area (TPSA) is 76.9 Å². The number of benzene rings is 2. The molecule has 2 aromatic rings. The molecule has 8 heteroatoms. The van der Waals surface area contributed by atoms with Crippen molar-refractivity contribution in [3.63, 3.8) is 0 Å². The van der Waals surface area contributed by atoms with E-state index < -0.39 is 4.92 Å². The van der Waals surface area contributed by atoms with E-state index in [2.05, 4.69) is 16.3 Å². The quantitative estimate of drug-likeness (QED) is 0.528. The van der Waals surface area contributed by atoms with Crippen molar-refractivity contribution in [1.82, 2.24) is 10.2 Å². The summed E-state index contributed by atoms with van der Waals surface area (Å²) in [5, 5.41) is 14.3. The summed E-state index contributed by atoms with van der Waals surface area (Å²) in [5.41, 5.74) is 2.63. The van der Waals surface area contributed by atoms with Gasteiger partial charge < -0.3 is 14.8 Å². The standard InChI is InChI=1S/C22H27N3O4.ClH/c1-28-21-12-18(13-24-11-9-22(16-24)8-10-23-15-22)4-7-20(21)29-14-17-2-5-19(6-3-17)25(26)27;/h2-7,12,23H,8-11,13-16H2,1H3;1H. The highest BCUT2D eigenvalue weighted by molar-refractivity contribution is 5.85. The molecule has 1 N–H and O–H groups in total. The molecule has 1 atom stereocenters. The van der Waals surface area contributed by atoms with Crippen LogP contribution in [-0.4, -0.2) is 43.1 Å². The minimum atomic E-state index is -0.405. The van der Waals surface area contributed by atoms with Crippen molar-refractivity contribution < 1.29 is 14.4 Å². The van der Waals surface area contributed by atoms with Gasteiger partial charge in [0.05, 0.1) is 12.0 Å². The van der Waals surface area contributed by atoms with Crippen LogP contribution in [0.3, 0.4) is 0 Å². The van der Waals surface area contributed by atoms with E-state index >= 15 is 0 Å². The molecule has 2 aliphatic heterocycles. The average Bonchev–Trinajstić information content (AvgIpc) is 3.36. The van der Waals surface area contributed by atoms with Crippen molar-refractivity contribution in [3.8, 4) is 11.5 Å². The molecule has 0 bridgehead atoms. The van der Waals surface area contributed by atoms with E-state index in [0.717, 1.165) is 38.3 Å². The predicted molar refractivity (Wildman–Crippen MR) is 117 cm³/mol. The second-order valence-electron chi connectivity index (χ2n) is 8.08. The molecule has 2 fully saturated rings. The van der Waals surface area contributed by atoms with Crippen molar-refractivity contribution >= 4 is 18.1 Å². The number of non-ortho nitro benzene ring substituents is 1. The van der Waals surface area contributed by atoms with Crippen molar-refractivity contribution in [2.24, 2.45) is 5.41 Å². The van der Waals surface area contributed by atoms with Crippen LogP contribution >= 0.6 is 12.4 Å². The number of nitro benzene ring substituents is 1. The number of ether oxygens (including phenoxy) is 2. The van der Waals surface area contributed by atoms with Crippen molar-refractivity contribution in [3.05, 3.63) is 63.7 Å². The van der Waals surface area contributed by atoms with E-state index in [1.165, 1.54) is 30.5 Å². The van der Waals surface area contributed by atoms with Crippen LogP contribution in [0.25, 0.3) is 0 Å². The number of hydrogen-bond acceptors (Lipinski definition) is 6. The van der Waals surface area contributed by atoms with Crippen molar-refractivity contribution in [1.29, 1.82) is 0 Å². The number of nitrogens with zero attached hydrogens (tertiary/aromatic N) is 2. The Morgan fingerprint density at radius 2 is 1.90 bits per heavy atom. The summed E-state index contributed by atoms with van der Waals surface area (Å²) < 4.78 is 11.4. The Hall–Kier alpha value is -2.35. The number of methoxy groups -OCH3 is 1. The molecular weight excluding hydrogens is 406 g/mol. The first kappa shape index (κ1) is 22.3. The van der Waals surface area contributed by atoms with E-state index in [4.69, 9.17) is 9.47 Å². The fourth-order valence-electron chi connectivity index (χ4n) is 4.37. The summed E-state index contributed by atoms with van der Waals surface area (Å²) in [4.78, 5) is 12.9. The zero-order chi connectivity index (χ0) is 20.3. The molecule has 0 saturated carbocycles. The highest BCUT2D eigenvalue weighted by Gasteiger charge is 2.40. The Balaban J connectivity index is 0.00000256. The highest BCUT2D eigenvalue weighted by Crippen LogP contribution is 2.37. The van der Waals surface area contributed by atoms with Gasteiger partial charge in [0.25, 0.3) is 5.69 Å². The molecule has 162 valence electrons. The zero-order valence-corrected chi connectivity index (χ0v) is 18.0. The molecule has 1 spiro atoms. The Bertz CT molecular complexity index is 869. The first-order valence-electron chi connectivity index (χ1n) is 10.0. The van der Waals surface area contributed by atoms with Gasteiger partial charge >= 0.3 is 0 Å². The van der Waals surface area contributed by atoms with E-state index in [9.17, 15) is 10.1 Å². The zero-order valence-electron chi connectivity index (χ0n) is 17.1. The van der Waals surface area contributed by atoms with Crippen LogP contribution in [0.4, 0.5) is 5.69 Å². The molecule has 2 aromatic carbocycles. The smallest absolute Gasteiger partial charge is 0.269 e. The molecule has 2 aliphatic rings. The first-order valence-corrected chi connectivity index (χ1v) is 10.0. The lowest BCUT2D eigenvalue weighted by Crippen LogP contribution is -2.28. The maximum Gasteiger partial charge on any atom is 0.269 e. The van der Waals surface area contributed by atoms with Gasteiger partial charge in [-0.25, -0.2) is 0 Å². The van der Waals surface area contributed by atoms with Gasteiger partial charge in [0.15, 0.2) is 11.5 Å². The van der Waals surface area contributed by atoms with Crippen LogP contribution in [0, 0.1) is 15.5 Å². The van der Waals surface area contributed by atoms with Crippen LogP contribution in [0.5, 0.6) is 11.5 Å². The lowest BCUT2D eigenvalue weighted by Gasteiger charge is -2.23. The van der Waals surface area contributed by atoms with Gasteiger partial charge in [-0.3, -0.25) is 15.0 Å². The van der Waals surface area contributed by atoms with Crippen molar-refractivity contribution in [2.45, 2.75) is 26.0 Å². The largest absolute Gasteiger partial charge is 0.493 e. The van der Waals surface area contributed by atoms with Gasteiger partial charge in [-0.1, -0.05) is 6.07 Å². The van der Waals surface area contributed by atoms with Gasteiger partial charge in [-0.15, -0.1) is 12.4 Å². The lowest BCUT2D eigenvalue weighted by molar-refractivity contribution is -0.384. The van der Waals surface area contributed by atoms with Crippen LogP contribution in [0.1, 0.15) is 24.0 Å². The fraction of sp³-hybridized carbons (Fsp3) is 0.455. The monoisotopic (exact) mass is 433 g/mol. The number of nitrogens with one attached hydrogen (secondary N) is 1. The number of rotatable bonds is 7. The summed E-state index contributed by atoms with van der Waals surface area (Å²) in [6.07, 6.45) is 2.55. The summed E-state index contributed by atoms with van der Waals surface area (Å²) in [6, 6.07) is 12.5. The van der Waals surface area contributed by atoms with E-state index in [1.54, 1.807) is 19.2 Å². The van der Waals surface area contributed by atoms with E-state index in [-0.39, 0.29) is 18.1 Å².